The van der Waals surface area contributed by atoms with E-state index in [1.807, 2.05) is 13.0 Å². The Morgan fingerprint density at radius 1 is 1.38 bits per heavy atom. The van der Waals surface area contributed by atoms with Gasteiger partial charge in [0.05, 0.1) is 6.54 Å². The standard InChI is InChI=1S/C11H15NO4/c1-2-3-9-12(11(13)14)16-15-10-7-5-4-6-8-10/h4-8H,2-3,9H2,1H3,(H,13,14). The normalized spacial score (nSPS) is 9.81. The van der Waals surface area contributed by atoms with Crippen LogP contribution in [0.2, 0.25) is 0 Å². The van der Waals surface area contributed by atoms with Gasteiger partial charge in [-0.1, -0.05) is 36.5 Å². The zero-order chi connectivity index (χ0) is 11.8. The van der Waals surface area contributed by atoms with Gasteiger partial charge in [-0.05, 0) is 18.6 Å². The van der Waals surface area contributed by atoms with E-state index in [-0.39, 0.29) is 0 Å². The van der Waals surface area contributed by atoms with Crippen molar-refractivity contribution in [3.05, 3.63) is 30.3 Å². The van der Waals surface area contributed by atoms with Gasteiger partial charge in [-0.15, -0.1) is 5.06 Å². The van der Waals surface area contributed by atoms with Gasteiger partial charge in [0.2, 0.25) is 0 Å². The lowest BCUT2D eigenvalue weighted by atomic mass is 10.3. The smallest absolute Gasteiger partial charge is 0.434 e. The van der Waals surface area contributed by atoms with Crippen LogP contribution in [0.3, 0.4) is 0 Å². The van der Waals surface area contributed by atoms with Crippen LogP contribution in [-0.4, -0.2) is 22.8 Å². The lowest BCUT2D eigenvalue weighted by Crippen LogP contribution is -2.31. The summed E-state index contributed by atoms with van der Waals surface area (Å²) in [4.78, 5) is 20.3. The third-order valence-corrected chi connectivity index (χ3v) is 1.89. The molecule has 1 rings (SSSR count). The maximum Gasteiger partial charge on any atom is 0.434 e. The summed E-state index contributed by atoms with van der Waals surface area (Å²) in [6.07, 6.45) is 0.451. The molecule has 0 aliphatic carbocycles. The number of carbonyl (C=O) groups is 1. The Labute approximate surface area is 94.1 Å². The van der Waals surface area contributed by atoms with Crippen LogP contribution in [0.5, 0.6) is 5.75 Å². The molecule has 1 aromatic rings. The molecular formula is C11H15NO4. The van der Waals surface area contributed by atoms with E-state index in [0.29, 0.717) is 12.3 Å². The number of rotatable bonds is 6. The highest BCUT2D eigenvalue weighted by Gasteiger charge is 2.13. The minimum Gasteiger partial charge on any atom is -0.463 e. The highest BCUT2D eigenvalue weighted by Crippen LogP contribution is 2.10. The number of benzene rings is 1. The second kappa shape index (κ2) is 6.68. The number of amides is 1. The molecule has 0 spiro atoms. The quantitative estimate of drug-likeness (QED) is 0.597. The van der Waals surface area contributed by atoms with Gasteiger partial charge in [0, 0.05) is 0 Å². The maximum atomic E-state index is 10.7. The van der Waals surface area contributed by atoms with E-state index in [1.165, 1.54) is 0 Å². The zero-order valence-corrected chi connectivity index (χ0v) is 9.13. The molecule has 0 aliphatic rings. The van der Waals surface area contributed by atoms with Crippen LogP contribution < -0.4 is 4.89 Å². The fraction of sp³-hybridized carbons (Fsp3) is 0.364. The topological polar surface area (TPSA) is 59.0 Å². The molecule has 0 aliphatic heterocycles. The minimum atomic E-state index is -1.16. The van der Waals surface area contributed by atoms with Crippen molar-refractivity contribution >= 4 is 6.09 Å². The first-order valence-electron chi connectivity index (χ1n) is 5.14. The molecule has 5 nitrogen and oxygen atoms in total. The van der Waals surface area contributed by atoms with E-state index in [2.05, 4.69) is 0 Å². The number of nitrogens with zero attached hydrogens (tertiary/aromatic N) is 1. The van der Waals surface area contributed by atoms with Crippen molar-refractivity contribution < 1.29 is 19.8 Å². The molecule has 0 aromatic heterocycles. The van der Waals surface area contributed by atoms with E-state index in [9.17, 15) is 4.79 Å². The Bertz CT molecular complexity index is 315. The molecule has 1 N–H and O–H groups in total. The SMILES string of the molecule is CCCCN(OOc1ccccc1)C(=O)O. The summed E-state index contributed by atoms with van der Waals surface area (Å²) >= 11 is 0. The van der Waals surface area contributed by atoms with Crippen molar-refractivity contribution in [2.45, 2.75) is 19.8 Å². The second-order valence-corrected chi connectivity index (χ2v) is 3.21. The molecule has 5 heteroatoms. The van der Waals surface area contributed by atoms with Gasteiger partial charge in [-0.3, -0.25) is 0 Å². The first kappa shape index (κ1) is 12.3. The number of hydrogen-bond acceptors (Lipinski definition) is 3. The van der Waals surface area contributed by atoms with Crippen molar-refractivity contribution in [1.29, 1.82) is 0 Å². The summed E-state index contributed by atoms with van der Waals surface area (Å²) in [7, 11) is 0. The van der Waals surface area contributed by atoms with Crippen molar-refractivity contribution in [1.82, 2.24) is 5.06 Å². The van der Waals surface area contributed by atoms with Gasteiger partial charge >= 0.3 is 6.09 Å². The van der Waals surface area contributed by atoms with Crippen molar-refractivity contribution in [3.8, 4) is 5.75 Å². The predicted octanol–water partition coefficient (Wildman–Crippen LogP) is 2.69. The van der Waals surface area contributed by atoms with Crippen LogP contribution in [0.25, 0.3) is 0 Å². The molecule has 0 saturated heterocycles. The summed E-state index contributed by atoms with van der Waals surface area (Å²) in [6.45, 7) is 2.26. The number of unbranched alkanes of at least 4 members (excludes halogenated alkanes) is 1. The molecule has 1 amide bonds. The van der Waals surface area contributed by atoms with Gasteiger partial charge in [-0.2, -0.15) is 0 Å². The van der Waals surface area contributed by atoms with E-state index in [0.717, 1.165) is 17.9 Å². The van der Waals surface area contributed by atoms with Crippen LogP contribution in [-0.2, 0) is 4.99 Å². The first-order chi connectivity index (χ1) is 7.74. The fourth-order valence-corrected chi connectivity index (χ4v) is 1.03. The predicted molar refractivity (Wildman–Crippen MR) is 57.8 cm³/mol. The summed E-state index contributed by atoms with van der Waals surface area (Å²) in [6, 6.07) is 8.74. The minimum absolute atomic E-state index is 0.290. The Kier molecular flexibility index (Phi) is 5.15. The monoisotopic (exact) mass is 225 g/mol. The molecular weight excluding hydrogens is 210 g/mol. The van der Waals surface area contributed by atoms with Gasteiger partial charge in [-0.25, -0.2) is 4.79 Å². The average molecular weight is 225 g/mol. The van der Waals surface area contributed by atoms with Gasteiger partial charge in [0.1, 0.15) is 0 Å². The van der Waals surface area contributed by atoms with Crippen LogP contribution in [0.4, 0.5) is 4.79 Å². The summed E-state index contributed by atoms with van der Waals surface area (Å²) < 4.78 is 0. The van der Waals surface area contributed by atoms with Crippen LogP contribution in [0.15, 0.2) is 30.3 Å². The largest absolute Gasteiger partial charge is 0.463 e. The summed E-state index contributed by atoms with van der Waals surface area (Å²) in [5.74, 6) is 0.463. The number of para-hydroxylation sites is 1. The molecule has 0 radical (unpaired) electrons. The molecule has 0 heterocycles. The molecule has 0 atom stereocenters. The molecule has 88 valence electrons. The number of hydrogen-bond donors (Lipinski definition) is 1. The number of carboxylic acid groups (broad SMARTS) is 1. The summed E-state index contributed by atoms with van der Waals surface area (Å²) in [5, 5.41) is 9.57. The van der Waals surface area contributed by atoms with Gasteiger partial charge in [0.25, 0.3) is 0 Å². The van der Waals surface area contributed by atoms with E-state index < -0.39 is 6.09 Å². The maximum absolute atomic E-state index is 10.7. The van der Waals surface area contributed by atoms with Crippen LogP contribution in [0, 0.1) is 0 Å². The van der Waals surface area contributed by atoms with Crippen LogP contribution >= 0.6 is 0 Å². The Hall–Kier alpha value is -1.75. The lowest BCUT2D eigenvalue weighted by Gasteiger charge is -2.16. The fourth-order valence-electron chi connectivity index (χ4n) is 1.03. The zero-order valence-electron chi connectivity index (χ0n) is 9.13. The molecule has 0 saturated carbocycles. The highest BCUT2D eigenvalue weighted by molar-refractivity contribution is 5.63. The van der Waals surface area contributed by atoms with Crippen molar-refractivity contribution in [3.63, 3.8) is 0 Å². The third-order valence-electron chi connectivity index (χ3n) is 1.89. The molecule has 0 fully saturated rings. The molecule has 0 bridgehead atoms. The van der Waals surface area contributed by atoms with Crippen LogP contribution in [0.1, 0.15) is 19.8 Å². The Balaban J connectivity index is 2.41. The van der Waals surface area contributed by atoms with Gasteiger partial charge in [0.15, 0.2) is 5.75 Å². The van der Waals surface area contributed by atoms with E-state index >= 15 is 0 Å². The third kappa shape index (κ3) is 4.18. The lowest BCUT2D eigenvalue weighted by molar-refractivity contribution is -0.347. The molecule has 1 aromatic carbocycles. The van der Waals surface area contributed by atoms with E-state index in [1.54, 1.807) is 24.3 Å². The molecule has 16 heavy (non-hydrogen) atoms. The van der Waals surface area contributed by atoms with Gasteiger partial charge < -0.3 is 9.99 Å². The number of hydroxylamine groups is 2. The second-order valence-electron chi connectivity index (χ2n) is 3.21. The van der Waals surface area contributed by atoms with Crippen molar-refractivity contribution in [2.75, 3.05) is 6.54 Å². The van der Waals surface area contributed by atoms with E-state index in [4.69, 9.17) is 15.0 Å². The molecule has 0 unspecified atom stereocenters. The average Bonchev–Trinajstić information content (AvgIpc) is 2.30. The highest BCUT2D eigenvalue weighted by atomic mass is 17.3. The Morgan fingerprint density at radius 3 is 2.62 bits per heavy atom. The first-order valence-corrected chi connectivity index (χ1v) is 5.14. The summed E-state index contributed by atoms with van der Waals surface area (Å²) in [5.41, 5.74) is 0. The Morgan fingerprint density at radius 2 is 2.06 bits per heavy atom. The van der Waals surface area contributed by atoms with Crippen molar-refractivity contribution in [2.24, 2.45) is 0 Å².